The van der Waals surface area contributed by atoms with Crippen LogP contribution in [0.4, 0.5) is 0 Å². The highest BCUT2D eigenvalue weighted by atomic mass is 35.5. The van der Waals surface area contributed by atoms with Crippen LogP contribution in [0.1, 0.15) is 32.3 Å². The van der Waals surface area contributed by atoms with Gasteiger partial charge in [0.25, 0.3) is 5.91 Å². The number of ether oxygens (including phenoxy) is 1. The van der Waals surface area contributed by atoms with Crippen LogP contribution in [0, 0.1) is 13.8 Å². The molecule has 7 heteroatoms. The maximum Gasteiger partial charge on any atom is 0.251 e. The van der Waals surface area contributed by atoms with Crippen molar-refractivity contribution in [2.45, 2.75) is 27.0 Å². The zero-order valence-electron chi connectivity index (χ0n) is 13.8. The highest BCUT2D eigenvalue weighted by molar-refractivity contribution is 7.16. The lowest BCUT2D eigenvalue weighted by Gasteiger charge is -2.07. The van der Waals surface area contributed by atoms with Crippen LogP contribution in [0.3, 0.4) is 0 Å². The lowest BCUT2D eigenvalue weighted by Crippen LogP contribution is -2.22. The van der Waals surface area contributed by atoms with E-state index < -0.39 is 0 Å². The van der Waals surface area contributed by atoms with Crippen LogP contribution in [0.2, 0.25) is 4.34 Å². The summed E-state index contributed by atoms with van der Waals surface area (Å²) in [5.41, 5.74) is 2.34. The van der Waals surface area contributed by atoms with Crippen molar-refractivity contribution in [3.63, 3.8) is 0 Å². The smallest absolute Gasteiger partial charge is 0.251 e. The topological polar surface area (TPSA) is 64.4 Å². The molecule has 5 nitrogen and oxygen atoms in total. The molecule has 0 saturated carbocycles. The number of carbonyl (C=O) groups excluding carboxylic acids is 1. The SMILES string of the molecule is Cc1noc(C)c1COc1ccc(C(=O)NCc2ccc(Cl)s2)cc1. The Hall–Kier alpha value is -2.31. The van der Waals surface area contributed by atoms with Gasteiger partial charge in [-0.25, -0.2) is 0 Å². The van der Waals surface area contributed by atoms with Gasteiger partial charge in [-0.3, -0.25) is 4.79 Å². The third kappa shape index (κ3) is 4.41. The Morgan fingerprint density at radius 1 is 1.24 bits per heavy atom. The van der Waals surface area contributed by atoms with Crippen molar-refractivity contribution in [2.75, 3.05) is 0 Å². The van der Waals surface area contributed by atoms with Crippen LogP contribution in [0.25, 0.3) is 0 Å². The van der Waals surface area contributed by atoms with Crippen LogP contribution >= 0.6 is 22.9 Å². The molecule has 1 N–H and O–H groups in total. The molecule has 0 aliphatic heterocycles. The normalized spacial score (nSPS) is 10.7. The summed E-state index contributed by atoms with van der Waals surface area (Å²) < 4.78 is 11.6. The van der Waals surface area contributed by atoms with E-state index >= 15 is 0 Å². The molecule has 0 radical (unpaired) electrons. The number of hydrogen-bond donors (Lipinski definition) is 1. The average Bonchev–Trinajstić information content (AvgIpc) is 3.17. The van der Waals surface area contributed by atoms with Gasteiger partial charge in [-0.1, -0.05) is 16.8 Å². The maximum absolute atomic E-state index is 12.2. The van der Waals surface area contributed by atoms with Crippen LogP contribution in [0.15, 0.2) is 40.9 Å². The molecule has 130 valence electrons. The third-order valence-electron chi connectivity index (χ3n) is 3.73. The molecule has 0 aliphatic carbocycles. The van der Waals surface area contributed by atoms with Crippen molar-refractivity contribution in [1.29, 1.82) is 0 Å². The van der Waals surface area contributed by atoms with E-state index in [1.807, 2.05) is 26.0 Å². The van der Waals surface area contributed by atoms with E-state index in [2.05, 4.69) is 10.5 Å². The number of halogens is 1. The van der Waals surface area contributed by atoms with Gasteiger partial charge < -0.3 is 14.6 Å². The van der Waals surface area contributed by atoms with Crippen LogP contribution < -0.4 is 10.1 Å². The fourth-order valence-corrected chi connectivity index (χ4v) is 3.31. The van der Waals surface area contributed by atoms with Crippen molar-refractivity contribution in [2.24, 2.45) is 0 Å². The van der Waals surface area contributed by atoms with Crippen LogP contribution in [-0.2, 0) is 13.2 Å². The molecular formula is C18H17ClN2O3S. The number of aryl methyl sites for hydroxylation is 2. The first-order chi connectivity index (χ1) is 12.0. The number of amides is 1. The molecule has 2 aromatic heterocycles. The Morgan fingerprint density at radius 3 is 2.60 bits per heavy atom. The molecule has 1 aromatic carbocycles. The van der Waals surface area contributed by atoms with Gasteiger partial charge in [-0.2, -0.15) is 0 Å². The van der Waals surface area contributed by atoms with Gasteiger partial charge in [0.15, 0.2) is 0 Å². The molecule has 1 amide bonds. The number of aromatic nitrogens is 1. The Bertz CT molecular complexity index is 851. The van der Waals surface area contributed by atoms with E-state index in [9.17, 15) is 4.79 Å². The van der Waals surface area contributed by atoms with E-state index in [0.717, 1.165) is 21.9 Å². The minimum absolute atomic E-state index is 0.137. The maximum atomic E-state index is 12.2. The largest absolute Gasteiger partial charge is 0.489 e. The number of rotatable bonds is 6. The minimum atomic E-state index is -0.137. The van der Waals surface area contributed by atoms with Crippen molar-refractivity contribution in [3.05, 3.63) is 68.2 Å². The molecule has 3 rings (SSSR count). The lowest BCUT2D eigenvalue weighted by molar-refractivity contribution is 0.0951. The molecule has 3 aromatic rings. The Labute approximate surface area is 154 Å². The predicted molar refractivity (Wildman–Crippen MR) is 97.3 cm³/mol. The second kappa shape index (κ2) is 7.72. The molecule has 0 spiro atoms. The van der Waals surface area contributed by atoms with Crippen LogP contribution in [-0.4, -0.2) is 11.1 Å². The fourth-order valence-electron chi connectivity index (χ4n) is 2.28. The van der Waals surface area contributed by atoms with Crippen molar-refractivity contribution < 1.29 is 14.1 Å². The molecule has 0 atom stereocenters. The highest BCUT2D eigenvalue weighted by Gasteiger charge is 2.10. The van der Waals surface area contributed by atoms with Gasteiger partial charge in [0, 0.05) is 10.4 Å². The first kappa shape index (κ1) is 17.5. The van der Waals surface area contributed by atoms with Crippen molar-refractivity contribution in [1.82, 2.24) is 10.5 Å². The van der Waals surface area contributed by atoms with E-state index in [-0.39, 0.29) is 5.91 Å². The second-order valence-corrected chi connectivity index (χ2v) is 7.30. The summed E-state index contributed by atoms with van der Waals surface area (Å²) in [6, 6.07) is 10.7. The number of thiophene rings is 1. The zero-order chi connectivity index (χ0) is 17.8. The molecule has 0 fully saturated rings. The van der Waals surface area contributed by atoms with E-state index in [4.69, 9.17) is 20.9 Å². The standard InChI is InChI=1S/C18H17ClN2O3S/c1-11-16(12(2)24-21-11)10-23-14-5-3-13(4-6-14)18(22)20-9-15-7-8-17(19)25-15/h3-8H,9-10H2,1-2H3,(H,20,22). The van der Waals surface area contributed by atoms with Gasteiger partial charge in [0.1, 0.15) is 18.1 Å². The van der Waals surface area contributed by atoms with Gasteiger partial charge in [-0.05, 0) is 50.2 Å². The molecular weight excluding hydrogens is 360 g/mol. The van der Waals surface area contributed by atoms with Gasteiger partial charge >= 0.3 is 0 Å². The fraction of sp³-hybridized carbons (Fsp3) is 0.222. The van der Waals surface area contributed by atoms with E-state index in [1.54, 1.807) is 24.3 Å². The Balaban J connectivity index is 1.55. The van der Waals surface area contributed by atoms with Gasteiger partial charge in [0.05, 0.1) is 22.1 Å². The summed E-state index contributed by atoms with van der Waals surface area (Å²) >= 11 is 7.33. The Morgan fingerprint density at radius 2 is 2.00 bits per heavy atom. The molecule has 0 unspecified atom stereocenters. The number of hydrogen-bond acceptors (Lipinski definition) is 5. The summed E-state index contributed by atoms with van der Waals surface area (Å²) in [5, 5.41) is 6.77. The molecule has 25 heavy (non-hydrogen) atoms. The summed E-state index contributed by atoms with van der Waals surface area (Å²) in [7, 11) is 0. The summed E-state index contributed by atoms with van der Waals surface area (Å²) in [4.78, 5) is 13.2. The number of carbonyl (C=O) groups is 1. The Kier molecular flexibility index (Phi) is 5.40. The monoisotopic (exact) mass is 376 g/mol. The third-order valence-corrected chi connectivity index (χ3v) is 4.96. The van der Waals surface area contributed by atoms with Crippen molar-refractivity contribution in [3.8, 4) is 5.75 Å². The molecule has 2 heterocycles. The first-order valence-electron chi connectivity index (χ1n) is 7.70. The van der Waals surface area contributed by atoms with Crippen LogP contribution in [0.5, 0.6) is 5.75 Å². The summed E-state index contributed by atoms with van der Waals surface area (Å²) in [5.74, 6) is 1.30. The van der Waals surface area contributed by atoms with Gasteiger partial charge in [0.2, 0.25) is 0 Å². The summed E-state index contributed by atoms with van der Waals surface area (Å²) in [6.07, 6.45) is 0. The number of benzene rings is 1. The summed E-state index contributed by atoms with van der Waals surface area (Å²) in [6.45, 7) is 4.57. The second-order valence-electron chi connectivity index (χ2n) is 5.50. The average molecular weight is 377 g/mol. The zero-order valence-corrected chi connectivity index (χ0v) is 15.4. The minimum Gasteiger partial charge on any atom is -0.489 e. The predicted octanol–water partition coefficient (Wildman–Crippen LogP) is 4.52. The van der Waals surface area contributed by atoms with E-state index in [0.29, 0.717) is 28.8 Å². The quantitative estimate of drug-likeness (QED) is 0.687. The van der Waals surface area contributed by atoms with E-state index in [1.165, 1.54) is 11.3 Å². The highest BCUT2D eigenvalue weighted by Crippen LogP contribution is 2.21. The molecule has 0 aliphatic rings. The number of nitrogens with zero attached hydrogens (tertiary/aromatic N) is 1. The van der Waals surface area contributed by atoms with Crippen molar-refractivity contribution >= 4 is 28.8 Å². The number of nitrogens with one attached hydrogen (secondary N) is 1. The lowest BCUT2D eigenvalue weighted by atomic mass is 10.2. The van der Waals surface area contributed by atoms with Gasteiger partial charge in [-0.15, -0.1) is 11.3 Å². The molecule has 0 saturated heterocycles. The molecule has 0 bridgehead atoms. The first-order valence-corrected chi connectivity index (χ1v) is 8.89.